The summed E-state index contributed by atoms with van der Waals surface area (Å²) in [6.07, 6.45) is 3.23. The number of halogens is 1. The van der Waals surface area contributed by atoms with E-state index >= 15 is 0 Å². The van der Waals surface area contributed by atoms with Gasteiger partial charge in [0, 0.05) is 24.1 Å². The van der Waals surface area contributed by atoms with Crippen LogP contribution >= 0.6 is 0 Å². The van der Waals surface area contributed by atoms with Crippen LogP contribution in [0.4, 0.5) is 14.0 Å². The molecule has 2 aliphatic heterocycles. The van der Waals surface area contributed by atoms with E-state index in [-0.39, 0.29) is 37.8 Å². The Morgan fingerprint density at radius 2 is 1.79 bits per heavy atom. The van der Waals surface area contributed by atoms with E-state index in [1.54, 1.807) is 12.1 Å². The molecule has 0 aromatic heterocycles. The van der Waals surface area contributed by atoms with E-state index in [4.69, 9.17) is 9.47 Å². The van der Waals surface area contributed by atoms with Crippen LogP contribution in [0.3, 0.4) is 0 Å². The molecule has 0 spiro atoms. The van der Waals surface area contributed by atoms with E-state index in [1.165, 1.54) is 23.0 Å². The minimum Gasteiger partial charge on any atom is -0.467 e. The number of fused-ring (bicyclic) bond motifs is 1. The molecule has 10 nitrogen and oxygen atoms in total. The number of nitrogens with one attached hydrogen (secondary N) is 2. The van der Waals surface area contributed by atoms with Crippen molar-refractivity contribution in [2.75, 3.05) is 13.7 Å². The van der Waals surface area contributed by atoms with Crippen LogP contribution < -0.4 is 10.6 Å². The van der Waals surface area contributed by atoms with Gasteiger partial charge >= 0.3 is 18.1 Å². The Hall–Kier alpha value is -3.37. The lowest BCUT2D eigenvalue weighted by atomic mass is 9.83. The number of hydrogen-bond acceptors (Lipinski definition) is 6. The minimum atomic E-state index is -0.952. The molecular formula is C28H39FN4O6. The Kier molecular flexibility index (Phi) is 8.66. The molecule has 0 radical (unpaired) electrons. The SMILES string of the molecule is COC(=O)[C@@H]1C[C@@H](OC(=O)N2Cc3cccc(F)c3C2)CN1C(=O)[C@@H](NC(=O)NC(C)(C)C)C1CCCCC1. The second-order valence-corrected chi connectivity index (χ2v) is 11.7. The van der Waals surface area contributed by atoms with Gasteiger partial charge in [-0.25, -0.2) is 18.8 Å². The number of urea groups is 1. The number of benzene rings is 1. The van der Waals surface area contributed by atoms with E-state index in [1.807, 2.05) is 20.8 Å². The first-order valence-electron chi connectivity index (χ1n) is 13.7. The minimum absolute atomic E-state index is 0.00865. The molecule has 1 saturated heterocycles. The molecule has 2 N–H and O–H groups in total. The zero-order valence-corrected chi connectivity index (χ0v) is 23.1. The van der Waals surface area contributed by atoms with Gasteiger partial charge in [-0.2, -0.15) is 0 Å². The number of ether oxygens (including phenoxy) is 2. The number of carbonyl (C=O) groups excluding carboxylic acids is 4. The van der Waals surface area contributed by atoms with E-state index in [9.17, 15) is 23.6 Å². The number of nitrogens with zero attached hydrogens (tertiary/aromatic N) is 2. The monoisotopic (exact) mass is 546 g/mol. The van der Waals surface area contributed by atoms with Gasteiger partial charge in [-0.3, -0.25) is 9.69 Å². The van der Waals surface area contributed by atoms with Gasteiger partial charge in [0.05, 0.1) is 20.2 Å². The summed E-state index contributed by atoms with van der Waals surface area (Å²) in [4.78, 5) is 55.2. The molecule has 0 bridgehead atoms. The number of methoxy groups -OCH3 is 1. The molecule has 1 aromatic carbocycles. The number of likely N-dealkylation sites (tertiary alicyclic amines) is 1. The van der Waals surface area contributed by atoms with Crippen molar-refractivity contribution in [1.29, 1.82) is 0 Å². The molecule has 214 valence electrons. The Morgan fingerprint density at radius 1 is 1.08 bits per heavy atom. The van der Waals surface area contributed by atoms with Crippen LogP contribution in [-0.2, 0) is 32.2 Å². The largest absolute Gasteiger partial charge is 0.467 e. The fourth-order valence-electron chi connectivity index (χ4n) is 5.76. The number of hydrogen-bond donors (Lipinski definition) is 2. The third-order valence-electron chi connectivity index (χ3n) is 7.63. The standard InChI is InChI=1S/C28H39FN4O6/c1-28(2,3)31-26(36)30-23(17-9-6-5-7-10-17)24(34)33-15-19(13-22(33)25(35)38-4)39-27(37)32-14-18-11-8-12-21(29)20(18)16-32/h8,11-12,17,19,22-23H,5-7,9-10,13-16H2,1-4H3,(H2,30,31,36)/t19-,22+,23+/m1/s1. The predicted molar refractivity (Wildman–Crippen MR) is 140 cm³/mol. The third-order valence-corrected chi connectivity index (χ3v) is 7.63. The van der Waals surface area contributed by atoms with E-state index in [0.717, 1.165) is 37.7 Å². The predicted octanol–water partition coefficient (Wildman–Crippen LogP) is 3.47. The van der Waals surface area contributed by atoms with E-state index < -0.39 is 47.7 Å². The summed E-state index contributed by atoms with van der Waals surface area (Å²) < 4.78 is 24.8. The van der Waals surface area contributed by atoms with Crippen molar-refractivity contribution in [2.45, 2.75) is 96.1 Å². The molecule has 2 fully saturated rings. The molecule has 2 heterocycles. The first-order chi connectivity index (χ1) is 18.5. The molecule has 39 heavy (non-hydrogen) atoms. The smallest absolute Gasteiger partial charge is 0.410 e. The summed E-state index contributed by atoms with van der Waals surface area (Å²) in [6.45, 7) is 5.86. The zero-order valence-electron chi connectivity index (χ0n) is 23.1. The van der Waals surface area contributed by atoms with Gasteiger partial charge in [-0.1, -0.05) is 31.4 Å². The lowest BCUT2D eigenvalue weighted by Crippen LogP contribution is -2.58. The highest BCUT2D eigenvalue weighted by atomic mass is 19.1. The maximum Gasteiger partial charge on any atom is 0.410 e. The Labute approximate surface area is 228 Å². The van der Waals surface area contributed by atoms with E-state index in [0.29, 0.717) is 5.56 Å². The molecule has 4 amide bonds. The third kappa shape index (κ3) is 6.80. The van der Waals surface area contributed by atoms with Gasteiger partial charge in [-0.05, 0) is 51.2 Å². The first-order valence-corrected chi connectivity index (χ1v) is 13.7. The van der Waals surface area contributed by atoms with Crippen molar-refractivity contribution in [3.63, 3.8) is 0 Å². The van der Waals surface area contributed by atoms with Crippen molar-refractivity contribution in [1.82, 2.24) is 20.4 Å². The Balaban J connectivity index is 1.48. The summed E-state index contributed by atoms with van der Waals surface area (Å²) in [7, 11) is 1.24. The maximum atomic E-state index is 14.2. The molecule has 4 rings (SSSR count). The highest BCUT2D eigenvalue weighted by molar-refractivity contribution is 5.91. The van der Waals surface area contributed by atoms with Crippen LogP contribution in [0.1, 0.15) is 70.4 Å². The van der Waals surface area contributed by atoms with Crippen LogP contribution in [0, 0.1) is 11.7 Å². The quantitative estimate of drug-likeness (QED) is 0.547. The van der Waals surface area contributed by atoms with Crippen molar-refractivity contribution in [3.8, 4) is 0 Å². The fraction of sp³-hybridized carbons (Fsp3) is 0.643. The second kappa shape index (κ2) is 11.8. The number of amides is 4. The van der Waals surface area contributed by atoms with Crippen LogP contribution in [-0.4, -0.2) is 71.2 Å². The highest BCUT2D eigenvalue weighted by Crippen LogP contribution is 2.31. The van der Waals surface area contributed by atoms with Crippen LogP contribution in [0.15, 0.2) is 18.2 Å². The summed E-state index contributed by atoms with van der Waals surface area (Å²) in [6, 6.07) is 2.49. The molecule has 1 saturated carbocycles. The van der Waals surface area contributed by atoms with E-state index in [2.05, 4.69) is 10.6 Å². The molecule has 1 aromatic rings. The van der Waals surface area contributed by atoms with Crippen molar-refractivity contribution < 1.29 is 33.0 Å². The molecule has 1 aliphatic carbocycles. The van der Waals surface area contributed by atoms with Gasteiger partial charge in [0.15, 0.2) is 0 Å². The molecular weight excluding hydrogens is 507 g/mol. The molecule has 3 aliphatic rings. The summed E-state index contributed by atoms with van der Waals surface area (Å²) >= 11 is 0. The average molecular weight is 547 g/mol. The van der Waals surface area contributed by atoms with Crippen molar-refractivity contribution in [2.24, 2.45) is 5.92 Å². The first kappa shape index (κ1) is 28.6. The zero-order chi connectivity index (χ0) is 28.3. The lowest BCUT2D eigenvalue weighted by molar-refractivity contribution is -0.152. The molecule has 11 heteroatoms. The fourth-order valence-corrected chi connectivity index (χ4v) is 5.76. The van der Waals surface area contributed by atoms with Crippen LogP contribution in [0.2, 0.25) is 0 Å². The van der Waals surface area contributed by atoms with Crippen molar-refractivity contribution >= 4 is 24.0 Å². The van der Waals surface area contributed by atoms with Gasteiger partial charge in [0.2, 0.25) is 5.91 Å². The normalized spacial score (nSPS) is 22.2. The Bertz CT molecular complexity index is 1100. The lowest BCUT2D eigenvalue weighted by Gasteiger charge is -2.35. The number of esters is 1. The van der Waals surface area contributed by atoms with Gasteiger partial charge in [0.25, 0.3) is 0 Å². The number of carbonyl (C=O) groups is 4. The summed E-state index contributed by atoms with van der Waals surface area (Å²) in [5.41, 5.74) is 0.682. The molecule has 0 unspecified atom stereocenters. The number of rotatable bonds is 5. The summed E-state index contributed by atoms with van der Waals surface area (Å²) in [5, 5.41) is 5.71. The van der Waals surface area contributed by atoms with Crippen LogP contribution in [0.5, 0.6) is 0 Å². The van der Waals surface area contributed by atoms with Crippen molar-refractivity contribution in [3.05, 3.63) is 35.1 Å². The van der Waals surface area contributed by atoms with Gasteiger partial charge in [0.1, 0.15) is 24.0 Å². The second-order valence-electron chi connectivity index (χ2n) is 11.7. The molecule has 3 atom stereocenters. The highest BCUT2D eigenvalue weighted by Gasteiger charge is 2.46. The van der Waals surface area contributed by atoms with Gasteiger partial charge in [-0.15, -0.1) is 0 Å². The van der Waals surface area contributed by atoms with Gasteiger partial charge < -0.3 is 25.0 Å². The summed E-state index contributed by atoms with van der Waals surface area (Å²) in [5.74, 6) is -1.45. The average Bonchev–Trinajstić information content (AvgIpc) is 3.51. The van der Waals surface area contributed by atoms with Crippen LogP contribution in [0.25, 0.3) is 0 Å². The Morgan fingerprint density at radius 3 is 2.44 bits per heavy atom. The topological polar surface area (TPSA) is 117 Å². The maximum absolute atomic E-state index is 14.2.